The summed E-state index contributed by atoms with van der Waals surface area (Å²) in [5, 5.41) is 16.1. The molecule has 52 valence electrons. The van der Waals surface area contributed by atoms with Crippen LogP contribution in [0.4, 0.5) is 0 Å². The fourth-order valence-corrected chi connectivity index (χ4v) is 0.391. The Hall–Kier alpha value is -1.06. The second-order valence-corrected chi connectivity index (χ2v) is 1.64. The van der Waals surface area contributed by atoms with E-state index in [1.165, 1.54) is 0 Å². The lowest BCUT2D eigenvalue weighted by atomic mass is 10.8. The maximum Gasteiger partial charge on any atom is 0.303 e. The molecule has 0 aromatic rings. The lowest BCUT2D eigenvalue weighted by molar-refractivity contribution is -0.138. The molecule has 0 spiro atoms. The van der Waals surface area contributed by atoms with Crippen molar-refractivity contribution in [1.29, 1.82) is 0 Å². The highest BCUT2D eigenvalue weighted by molar-refractivity contribution is 5.69. The van der Waals surface area contributed by atoms with Crippen LogP contribution in [0.3, 0.4) is 0 Å². The molecule has 0 aliphatic heterocycles. The normalized spacial score (nSPS) is 8.89. The molecule has 2 N–H and O–H groups in total. The summed E-state index contributed by atoms with van der Waals surface area (Å²) in [4.78, 5) is 19.6. The number of hydrogen-bond acceptors (Lipinski definition) is 2. The topological polar surface area (TPSA) is 74.6 Å². The van der Waals surface area contributed by atoms with Gasteiger partial charge in [-0.25, -0.2) is 0 Å². The highest BCUT2D eigenvalue weighted by atomic mass is 16.5. The van der Waals surface area contributed by atoms with Crippen LogP contribution in [0.2, 0.25) is 0 Å². The monoisotopic (exact) mass is 136 g/mol. The van der Waals surface area contributed by atoms with Gasteiger partial charge in [0.25, 0.3) is 0 Å². The molecule has 0 atom stereocenters. The average Bonchev–Trinajstić information content (AvgIpc) is 1.63. The van der Waals surface area contributed by atoms with Gasteiger partial charge in [-0.2, -0.15) is 0 Å². The van der Waals surface area contributed by atoms with Gasteiger partial charge in [0.2, 0.25) is 0 Å². The molecule has 0 radical (unpaired) electrons. The van der Waals surface area contributed by atoms with Crippen molar-refractivity contribution in [3.8, 4) is 0 Å². The molecule has 4 nitrogen and oxygen atoms in total. The molecule has 0 aliphatic carbocycles. The van der Waals surface area contributed by atoms with Crippen molar-refractivity contribution < 1.29 is 19.8 Å². The standard InChI is InChI=1S/C5H8O4/c6-4(7)2-1-3-5(8)9/h1-3H2,(H,6,7)(H,8,9)/i2+1,3+1,4+1,5+1. The van der Waals surface area contributed by atoms with Crippen LogP contribution in [0.15, 0.2) is 0 Å². The third kappa shape index (κ3) is 6.94. The number of rotatable bonds is 4. The number of carbonyl (C=O) groups is 2. The van der Waals surface area contributed by atoms with Crippen molar-refractivity contribution in [2.75, 3.05) is 0 Å². The Balaban J connectivity index is 3.10. The largest absolute Gasteiger partial charge is 0.481 e. The van der Waals surface area contributed by atoms with E-state index in [0.29, 0.717) is 0 Å². The van der Waals surface area contributed by atoms with Crippen LogP contribution >= 0.6 is 0 Å². The first-order valence-corrected chi connectivity index (χ1v) is 2.56. The zero-order valence-corrected chi connectivity index (χ0v) is 4.83. The third-order valence-electron chi connectivity index (χ3n) is 0.781. The number of carboxylic acids is 2. The molecule has 0 saturated heterocycles. The average molecular weight is 136 g/mol. The predicted molar refractivity (Wildman–Crippen MR) is 29.1 cm³/mol. The first kappa shape index (κ1) is 7.94. The minimum atomic E-state index is -0.948. The van der Waals surface area contributed by atoms with Gasteiger partial charge in [-0.05, 0) is 6.42 Å². The summed E-state index contributed by atoms with van der Waals surface area (Å²) in [5.41, 5.74) is 0. The van der Waals surface area contributed by atoms with Gasteiger partial charge in [0.15, 0.2) is 0 Å². The number of carboxylic acid groups (broad SMARTS) is 2. The Labute approximate surface area is 52.1 Å². The molecule has 0 amide bonds. The van der Waals surface area contributed by atoms with Crippen LogP contribution in [0.5, 0.6) is 0 Å². The van der Waals surface area contributed by atoms with Crippen molar-refractivity contribution >= 4 is 11.9 Å². The second-order valence-electron chi connectivity index (χ2n) is 1.64. The van der Waals surface area contributed by atoms with Crippen molar-refractivity contribution in [2.24, 2.45) is 0 Å². The quantitative estimate of drug-likeness (QED) is 0.546. The summed E-state index contributed by atoms with van der Waals surface area (Å²) < 4.78 is 0. The van der Waals surface area contributed by atoms with Crippen molar-refractivity contribution in [3.05, 3.63) is 0 Å². The van der Waals surface area contributed by atoms with E-state index in [0.717, 1.165) is 0 Å². The molecular weight excluding hydrogens is 128 g/mol. The number of aliphatic carboxylic acids is 2. The highest BCUT2D eigenvalue weighted by Gasteiger charge is 1.99. The molecule has 4 heteroatoms. The predicted octanol–water partition coefficient (Wildman–Crippen LogP) is 0.326. The zero-order chi connectivity index (χ0) is 7.28. The van der Waals surface area contributed by atoms with E-state index >= 15 is 0 Å². The summed E-state index contributed by atoms with van der Waals surface area (Å²) in [5.74, 6) is -1.90. The fourth-order valence-electron chi connectivity index (χ4n) is 0.391. The Kier molecular flexibility index (Phi) is 3.43. The molecule has 0 aliphatic rings. The number of hydrogen-bond donors (Lipinski definition) is 2. The van der Waals surface area contributed by atoms with Crippen molar-refractivity contribution in [2.45, 2.75) is 19.3 Å². The summed E-state index contributed by atoms with van der Waals surface area (Å²) in [7, 11) is 0. The maximum absolute atomic E-state index is 9.79. The molecule has 0 aromatic carbocycles. The molecule has 0 unspecified atom stereocenters. The van der Waals surface area contributed by atoms with Crippen LogP contribution in [-0.4, -0.2) is 22.2 Å². The minimum absolute atomic E-state index is 0.0632. The van der Waals surface area contributed by atoms with Crippen molar-refractivity contribution in [1.82, 2.24) is 0 Å². The van der Waals surface area contributed by atoms with Crippen LogP contribution in [0.1, 0.15) is 19.3 Å². The van der Waals surface area contributed by atoms with Crippen LogP contribution in [-0.2, 0) is 9.59 Å². The zero-order valence-electron chi connectivity index (χ0n) is 4.83. The summed E-state index contributed by atoms with van der Waals surface area (Å²) in [6.45, 7) is 0. The molecule has 0 heterocycles. The summed E-state index contributed by atoms with van der Waals surface area (Å²) >= 11 is 0. The van der Waals surface area contributed by atoms with E-state index in [-0.39, 0.29) is 19.3 Å². The summed E-state index contributed by atoms with van der Waals surface area (Å²) in [6.07, 6.45) is 0.0866. The van der Waals surface area contributed by atoms with Crippen LogP contribution in [0.25, 0.3) is 0 Å². The van der Waals surface area contributed by atoms with Crippen molar-refractivity contribution in [3.63, 3.8) is 0 Å². The van der Waals surface area contributed by atoms with E-state index in [4.69, 9.17) is 10.2 Å². The second kappa shape index (κ2) is 3.88. The lowest BCUT2D eigenvalue weighted by Gasteiger charge is -1.89. The molecule has 0 fully saturated rings. The third-order valence-corrected chi connectivity index (χ3v) is 0.781. The molecule has 9 heavy (non-hydrogen) atoms. The van der Waals surface area contributed by atoms with E-state index in [1.807, 2.05) is 0 Å². The van der Waals surface area contributed by atoms with Gasteiger partial charge >= 0.3 is 11.9 Å². The fraction of sp³-hybridized carbons (Fsp3) is 0.600. The van der Waals surface area contributed by atoms with Gasteiger partial charge in [0, 0.05) is 12.8 Å². The smallest absolute Gasteiger partial charge is 0.303 e. The van der Waals surface area contributed by atoms with Gasteiger partial charge in [-0.15, -0.1) is 0 Å². The molecular formula is C5H8O4. The van der Waals surface area contributed by atoms with Crippen LogP contribution in [0, 0.1) is 0 Å². The van der Waals surface area contributed by atoms with E-state index in [2.05, 4.69) is 0 Å². The molecule has 0 aromatic heterocycles. The Bertz CT molecular complexity index is 104. The van der Waals surface area contributed by atoms with E-state index in [9.17, 15) is 9.59 Å². The Morgan fingerprint density at radius 3 is 1.56 bits per heavy atom. The first-order chi connectivity index (χ1) is 4.13. The summed E-state index contributed by atoms with van der Waals surface area (Å²) in [6, 6.07) is 0. The van der Waals surface area contributed by atoms with Crippen LogP contribution < -0.4 is 0 Å². The Morgan fingerprint density at radius 1 is 1.00 bits per heavy atom. The van der Waals surface area contributed by atoms with Gasteiger partial charge < -0.3 is 10.2 Å². The highest BCUT2D eigenvalue weighted by Crippen LogP contribution is 1.93. The van der Waals surface area contributed by atoms with E-state index in [1.54, 1.807) is 0 Å². The molecule has 0 rings (SSSR count). The van der Waals surface area contributed by atoms with E-state index < -0.39 is 11.9 Å². The lowest BCUT2D eigenvalue weighted by Crippen LogP contribution is -1.98. The van der Waals surface area contributed by atoms with Gasteiger partial charge in [0.05, 0.1) is 0 Å². The minimum Gasteiger partial charge on any atom is -0.481 e. The molecule has 0 bridgehead atoms. The van der Waals surface area contributed by atoms with Gasteiger partial charge in [-0.1, -0.05) is 0 Å². The molecule has 0 saturated carbocycles. The maximum atomic E-state index is 9.79. The van der Waals surface area contributed by atoms with Gasteiger partial charge in [-0.3, -0.25) is 9.59 Å². The van der Waals surface area contributed by atoms with Gasteiger partial charge in [0.1, 0.15) is 0 Å². The first-order valence-electron chi connectivity index (χ1n) is 2.56. The SMILES string of the molecule is O=[13C](O)[13CH2]C[13CH2][13C](=O)O. The Morgan fingerprint density at radius 2 is 1.33 bits per heavy atom.